The number of ether oxygens (including phenoxy) is 2. The molecule has 2 aliphatic heterocycles. The van der Waals surface area contributed by atoms with Crippen LogP contribution in [0.4, 0.5) is 0 Å². The largest absolute Gasteiger partial charge is 0.456 e. The van der Waals surface area contributed by atoms with Crippen molar-refractivity contribution < 1.29 is 14.0 Å². The fourth-order valence-electron chi connectivity index (χ4n) is 8.38. The van der Waals surface area contributed by atoms with E-state index < -0.39 is 7.14 Å². The van der Waals surface area contributed by atoms with Crippen LogP contribution in [0.5, 0.6) is 23.0 Å². The van der Waals surface area contributed by atoms with E-state index in [2.05, 4.69) is 89.5 Å². The first kappa shape index (κ1) is 27.2. The zero-order valence-electron chi connectivity index (χ0n) is 26.4. The number of fused-ring (bicyclic) bond motifs is 12. The molecule has 49 heavy (non-hydrogen) atoms. The highest BCUT2D eigenvalue weighted by atomic mass is 31.2. The summed E-state index contributed by atoms with van der Waals surface area (Å²) >= 11 is 0. The highest BCUT2D eigenvalue weighted by Crippen LogP contribution is 2.61. The van der Waals surface area contributed by atoms with E-state index in [4.69, 9.17) is 9.47 Å². The lowest BCUT2D eigenvalue weighted by molar-refractivity contribution is 0.465. The Morgan fingerprint density at radius 1 is 0.571 bits per heavy atom. The Labute approximate surface area is 282 Å². The number of para-hydroxylation sites is 2. The van der Waals surface area contributed by atoms with Gasteiger partial charge < -0.3 is 18.6 Å². The number of nitrogens with zero attached hydrogens (tertiary/aromatic N) is 1. The van der Waals surface area contributed by atoms with Crippen molar-refractivity contribution >= 4 is 61.6 Å². The molecule has 0 N–H and O–H groups in total. The Kier molecular flexibility index (Phi) is 5.46. The lowest BCUT2D eigenvalue weighted by Gasteiger charge is -2.36. The van der Waals surface area contributed by atoms with Crippen molar-refractivity contribution in [2.24, 2.45) is 0 Å². The first-order chi connectivity index (χ1) is 24.2. The van der Waals surface area contributed by atoms with Gasteiger partial charge in [0.05, 0.1) is 16.1 Å². The molecule has 1 unspecified atom stereocenters. The molecule has 1 aromatic heterocycles. The molecular weight excluding hydrogens is 621 g/mol. The van der Waals surface area contributed by atoms with Gasteiger partial charge in [-0.3, -0.25) is 0 Å². The maximum absolute atomic E-state index is 16.1. The third kappa shape index (κ3) is 3.62. The summed E-state index contributed by atoms with van der Waals surface area (Å²) in [5, 5.41) is 7.43. The van der Waals surface area contributed by atoms with E-state index in [-0.39, 0.29) is 0 Å². The Balaban J connectivity index is 1.12. The zero-order chi connectivity index (χ0) is 32.3. The third-order valence-electron chi connectivity index (χ3n) is 10.5. The highest BCUT2D eigenvalue weighted by Gasteiger charge is 2.48. The van der Waals surface area contributed by atoms with Crippen molar-refractivity contribution in [3.8, 4) is 39.8 Å². The Morgan fingerprint density at radius 3 is 2.04 bits per heavy atom. The van der Waals surface area contributed by atoms with Gasteiger partial charge in [0.15, 0.2) is 7.14 Å². The SMILES string of the molecule is O=P12c3ccccc3Oc3cc(-c4ccc(-n5c6c(c7ccccc75)C=CCC6)cc4)cc(c31)Oc1c2c2ccccc2c2ccccc12. The predicted molar refractivity (Wildman–Crippen MR) is 201 cm³/mol. The molecule has 0 spiro atoms. The summed E-state index contributed by atoms with van der Waals surface area (Å²) < 4.78 is 32.0. The van der Waals surface area contributed by atoms with Crippen molar-refractivity contribution in [1.29, 1.82) is 0 Å². The van der Waals surface area contributed by atoms with Gasteiger partial charge in [-0.1, -0.05) is 103 Å². The first-order valence-corrected chi connectivity index (χ1v) is 18.5. The molecule has 7 aromatic carbocycles. The summed E-state index contributed by atoms with van der Waals surface area (Å²) in [6.45, 7) is 0. The van der Waals surface area contributed by atoms with E-state index in [1.165, 1.54) is 22.2 Å². The number of aromatic nitrogens is 1. The second-order valence-electron chi connectivity index (χ2n) is 13.1. The van der Waals surface area contributed by atoms with Crippen LogP contribution in [0.2, 0.25) is 0 Å². The Hall–Kier alpha value is -5.83. The molecular formula is C44H28NO3P. The van der Waals surface area contributed by atoms with E-state index >= 15 is 4.57 Å². The molecule has 5 heteroatoms. The smallest absolute Gasteiger partial charge is 0.186 e. The van der Waals surface area contributed by atoms with Crippen LogP contribution >= 0.6 is 7.14 Å². The van der Waals surface area contributed by atoms with Crippen molar-refractivity contribution in [3.05, 3.63) is 151 Å². The average Bonchev–Trinajstić information content (AvgIpc) is 3.49. The van der Waals surface area contributed by atoms with Crippen LogP contribution in [0.15, 0.2) is 140 Å². The number of rotatable bonds is 2. The molecule has 1 aliphatic carbocycles. The van der Waals surface area contributed by atoms with Crippen molar-refractivity contribution in [2.75, 3.05) is 0 Å². The molecule has 0 amide bonds. The Morgan fingerprint density at radius 2 is 1.22 bits per heavy atom. The van der Waals surface area contributed by atoms with E-state index in [0.29, 0.717) is 33.6 Å². The quantitative estimate of drug-likeness (QED) is 0.138. The molecule has 11 rings (SSSR count). The molecule has 4 nitrogen and oxygen atoms in total. The maximum Gasteiger partial charge on any atom is 0.186 e. The summed E-state index contributed by atoms with van der Waals surface area (Å²) in [6, 6.07) is 45.7. The van der Waals surface area contributed by atoms with Crippen LogP contribution < -0.4 is 25.4 Å². The van der Waals surface area contributed by atoms with Crippen LogP contribution in [0.3, 0.4) is 0 Å². The molecule has 0 fully saturated rings. The zero-order valence-corrected chi connectivity index (χ0v) is 27.3. The van der Waals surface area contributed by atoms with Crippen LogP contribution in [0.25, 0.3) is 55.3 Å². The summed E-state index contributed by atoms with van der Waals surface area (Å²) in [7, 11) is -3.41. The molecule has 0 bridgehead atoms. The minimum atomic E-state index is -3.41. The van der Waals surface area contributed by atoms with Crippen molar-refractivity contribution in [2.45, 2.75) is 12.8 Å². The van der Waals surface area contributed by atoms with Crippen LogP contribution in [0.1, 0.15) is 17.7 Å². The molecule has 232 valence electrons. The van der Waals surface area contributed by atoms with Gasteiger partial charge in [0.2, 0.25) is 0 Å². The van der Waals surface area contributed by atoms with Gasteiger partial charge in [0.1, 0.15) is 28.3 Å². The minimum absolute atomic E-state index is 0.582. The molecule has 3 heterocycles. The predicted octanol–water partition coefficient (Wildman–Crippen LogP) is 10.4. The normalized spacial score (nSPS) is 16.8. The lowest BCUT2D eigenvalue weighted by Crippen LogP contribution is -2.35. The summed E-state index contributed by atoms with van der Waals surface area (Å²) in [6.07, 6.45) is 6.60. The fourth-order valence-corrected chi connectivity index (χ4v) is 11.6. The number of benzene rings is 7. The van der Waals surface area contributed by atoms with Crippen LogP contribution in [-0.4, -0.2) is 4.57 Å². The van der Waals surface area contributed by atoms with Crippen molar-refractivity contribution in [3.63, 3.8) is 0 Å². The van der Waals surface area contributed by atoms with Gasteiger partial charge in [0.25, 0.3) is 0 Å². The second-order valence-corrected chi connectivity index (χ2v) is 15.7. The first-order valence-electron chi connectivity index (χ1n) is 16.8. The second kappa shape index (κ2) is 9.85. The van der Waals surface area contributed by atoms with E-state index in [9.17, 15) is 0 Å². The van der Waals surface area contributed by atoms with E-state index in [1.54, 1.807) is 0 Å². The number of hydrogen-bond acceptors (Lipinski definition) is 3. The van der Waals surface area contributed by atoms with Gasteiger partial charge >= 0.3 is 0 Å². The molecule has 3 aliphatic rings. The summed E-state index contributed by atoms with van der Waals surface area (Å²) in [5.41, 5.74) is 7.00. The maximum atomic E-state index is 16.1. The monoisotopic (exact) mass is 649 g/mol. The topological polar surface area (TPSA) is 40.5 Å². The molecule has 1 atom stereocenters. The lowest BCUT2D eigenvalue weighted by atomic mass is 10.0. The van der Waals surface area contributed by atoms with Gasteiger partial charge in [-0.25, -0.2) is 0 Å². The van der Waals surface area contributed by atoms with Crippen LogP contribution in [-0.2, 0) is 11.0 Å². The molecule has 0 saturated carbocycles. The number of hydrogen-bond donors (Lipinski definition) is 0. The highest BCUT2D eigenvalue weighted by molar-refractivity contribution is 7.86. The number of allylic oxidation sites excluding steroid dienone is 1. The van der Waals surface area contributed by atoms with Gasteiger partial charge in [-0.2, -0.15) is 0 Å². The van der Waals surface area contributed by atoms with Gasteiger partial charge in [-0.15, -0.1) is 0 Å². The van der Waals surface area contributed by atoms with Gasteiger partial charge in [-0.05, 0) is 82.6 Å². The Bertz CT molecular complexity index is 2810. The standard InChI is InChI=1S/C44H28NO3P/c46-49-41-20-10-9-19-38(41)47-39-25-28(27-21-23-29(24-22-27)45-36-17-7-5-13-32(36)33-14-6-8-18-37(33)45)26-40(44(39)49)48-42-34-15-3-1-11-30(34)31-12-2-4-16-35(31)43(42)49/h1-7,9-17,19-26H,8,18H2. The molecule has 0 saturated heterocycles. The third-order valence-corrected chi connectivity index (χ3v) is 13.7. The van der Waals surface area contributed by atoms with Crippen molar-refractivity contribution in [1.82, 2.24) is 4.57 Å². The summed E-state index contributed by atoms with van der Waals surface area (Å²) in [5.74, 6) is 2.46. The van der Waals surface area contributed by atoms with Gasteiger partial charge in [0, 0.05) is 27.7 Å². The molecule has 0 radical (unpaired) electrons. The van der Waals surface area contributed by atoms with Crippen LogP contribution in [0, 0.1) is 0 Å². The summed E-state index contributed by atoms with van der Waals surface area (Å²) in [4.78, 5) is 0. The average molecular weight is 650 g/mol. The minimum Gasteiger partial charge on any atom is -0.456 e. The van der Waals surface area contributed by atoms with E-state index in [0.717, 1.165) is 56.5 Å². The fraction of sp³-hybridized carbons (Fsp3) is 0.0455. The molecule has 8 aromatic rings. The van der Waals surface area contributed by atoms with E-state index in [1.807, 2.05) is 60.7 Å².